The maximum atomic E-state index is 12.2. The molecule has 0 aromatic carbocycles. The average molecular weight is 274 g/mol. The number of nitrogens with two attached hydrogens (primary N) is 1. The van der Waals surface area contributed by atoms with Crippen LogP contribution in [0.4, 0.5) is 0 Å². The van der Waals surface area contributed by atoms with Gasteiger partial charge < -0.3 is 16.2 Å². The molecular weight excluding hydrogens is 252 g/mol. The van der Waals surface area contributed by atoms with Crippen molar-refractivity contribution >= 4 is 23.6 Å². The van der Waals surface area contributed by atoms with Crippen molar-refractivity contribution in [2.75, 3.05) is 12.0 Å². The molecule has 4 N–H and O–H groups in total. The maximum Gasteiger partial charge on any atom is 0.326 e. The molecule has 0 radical (unpaired) electrons. The van der Waals surface area contributed by atoms with Gasteiger partial charge in [0.15, 0.2) is 0 Å². The monoisotopic (exact) mass is 274 g/mol. The second kappa shape index (κ2) is 6.43. The van der Waals surface area contributed by atoms with Gasteiger partial charge in [-0.2, -0.15) is 11.8 Å². The quantitative estimate of drug-likeness (QED) is 0.667. The lowest BCUT2D eigenvalue weighted by atomic mass is 9.84. The molecule has 5 nitrogen and oxygen atoms in total. The fourth-order valence-corrected chi connectivity index (χ4v) is 2.76. The van der Waals surface area contributed by atoms with Gasteiger partial charge in [0.05, 0.1) is 5.41 Å². The number of nitrogens with one attached hydrogen (secondary N) is 1. The van der Waals surface area contributed by atoms with E-state index in [-0.39, 0.29) is 11.9 Å². The van der Waals surface area contributed by atoms with Crippen molar-refractivity contribution in [2.24, 2.45) is 11.1 Å². The molecule has 0 saturated heterocycles. The molecule has 1 aliphatic rings. The van der Waals surface area contributed by atoms with Crippen LogP contribution in [0.25, 0.3) is 0 Å². The Kier molecular flexibility index (Phi) is 5.47. The third-order valence-electron chi connectivity index (χ3n) is 3.76. The van der Waals surface area contributed by atoms with E-state index in [2.05, 4.69) is 5.32 Å². The van der Waals surface area contributed by atoms with Crippen LogP contribution in [0, 0.1) is 5.41 Å². The summed E-state index contributed by atoms with van der Waals surface area (Å²) in [6.07, 6.45) is 4.83. The van der Waals surface area contributed by atoms with Gasteiger partial charge in [0, 0.05) is 6.04 Å². The van der Waals surface area contributed by atoms with E-state index >= 15 is 0 Å². The van der Waals surface area contributed by atoms with Crippen molar-refractivity contribution < 1.29 is 14.7 Å². The Labute approximate surface area is 112 Å². The maximum absolute atomic E-state index is 12.2. The Morgan fingerprint density at radius 2 is 2.28 bits per heavy atom. The van der Waals surface area contributed by atoms with Crippen molar-refractivity contribution in [3.8, 4) is 0 Å². The van der Waals surface area contributed by atoms with Crippen LogP contribution in [0.5, 0.6) is 0 Å². The van der Waals surface area contributed by atoms with Gasteiger partial charge in [0.25, 0.3) is 0 Å². The number of hydrogen-bond donors (Lipinski definition) is 3. The lowest BCUT2D eigenvalue weighted by molar-refractivity contribution is -0.143. The molecule has 1 fully saturated rings. The minimum Gasteiger partial charge on any atom is -0.480 e. The van der Waals surface area contributed by atoms with Gasteiger partial charge in [0.2, 0.25) is 5.91 Å². The molecule has 3 unspecified atom stereocenters. The summed E-state index contributed by atoms with van der Waals surface area (Å²) in [5, 5.41) is 11.7. The number of carboxylic acids is 1. The van der Waals surface area contributed by atoms with Crippen LogP contribution in [0.3, 0.4) is 0 Å². The van der Waals surface area contributed by atoms with Crippen molar-refractivity contribution in [3.63, 3.8) is 0 Å². The van der Waals surface area contributed by atoms with Crippen LogP contribution in [-0.2, 0) is 9.59 Å². The second-order valence-electron chi connectivity index (χ2n) is 5.06. The molecule has 1 saturated carbocycles. The predicted octanol–water partition coefficient (Wildman–Crippen LogP) is 0.826. The lowest BCUT2D eigenvalue weighted by Crippen LogP contribution is -2.52. The number of thioether (sulfide) groups is 1. The summed E-state index contributed by atoms with van der Waals surface area (Å²) in [7, 11) is 0. The first-order valence-corrected chi connectivity index (χ1v) is 7.59. The predicted molar refractivity (Wildman–Crippen MR) is 72.5 cm³/mol. The summed E-state index contributed by atoms with van der Waals surface area (Å²) >= 11 is 1.57. The van der Waals surface area contributed by atoms with Crippen molar-refractivity contribution in [1.82, 2.24) is 5.32 Å². The third kappa shape index (κ3) is 3.38. The molecule has 1 aliphatic carbocycles. The zero-order valence-electron chi connectivity index (χ0n) is 10.9. The van der Waals surface area contributed by atoms with Gasteiger partial charge in [-0.3, -0.25) is 4.79 Å². The number of aliphatic carboxylic acids is 1. The van der Waals surface area contributed by atoms with Crippen LogP contribution < -0.4 is 11.1 Å². The number of carbonyl (C=O) groups is 2. The lowest BCUT2D eigenvalue weighted by Gasteiger charge is -2.29. The van der Waals surface area contributed by atoms with Gasteiger partial charge >= 0.3 is 5.97 Å². The Hall–Kier alpha value is -0.750. The van der Waals surface area contributed by atoms with E-state index < -0.39 is 17.4 Å². The molecule has 0 aromatic heterocycles. The van der Waals surface area contributed by atoms with Crippen LogP contribution in [-0.4, -0.2) is 41.1 Å². The van der Waals surface area contributed by atoms with E-state index in [1.807, 2.05) is 13.2 Å². The summed E-state index contributed by atoms with van der Waals surface area (Å²) in [6, 6.07) is -0.984. The third-order valence-corrected chi connectivity index (χ3v) is 4.41. The summed E-state index contributed by atoms with van der Waals surface area (Å²) in [4.78, 5) is 23.3. The Balaban J connectivity index is 2.63. The number of hydrogen-bond acceptors (Lipinski definition) is 4. The van der Waals surface area contributed by atoms with Crippen LogP contribution in [0.2, 0.25) is 0 Å². The molecule has 3 atom stereocenters. The number of carboxylic acid groups (broad SMARTS) is 1. The number of amides is 1. The highest BCUT2D eigenvalue weighted by Gasteiger charge is 2.43. The first-order valence-electron chi connectivity index (χ1n) is 6.20. The fraction of sp³-hybridized carbons (Fsp3) is 0.833. The molecule has 1 amide bonds. The van der Waals surface area contributed by atoms with Crippen molar-refractivity contribution in [1.29, 1.82) is 0 Å². The highest BCUT2D eigenvalue weighted by atomic mass is 32.2. The Morgan fingerprint density at radius 3 is 2.72 bits per heavy atom. The van der Waals surface area contributed by atoms with Crippen LogP contribution >= 0.6 is 11.8 Å². The highest BCUT2D eigenvalue weighted by molar-refractivity contribution is 7.98. The van der Waals surface area contributed by atoms with Crippen molar-refractivity contribution in [3.05, 3.63) is 0 Å². The van der Waals surface area contributed by atoms with Gasteiger partial charge in [-0.25, -0.2) is 4.79 Å². The van der Waals surface area contributed by atoms with E-state index in [1.165, 1.54) is 0 Å². The van der Waals surface area contributed by atoms with E-state index in [0.717, 1.165) is 19.3 Å². The van der Waals surface area contributed by atoms with E-state index in [9.17, 15) is 9.59 Å². The molecule has 0 bridgehead atoms. The molecule has 1 rings (SSSR count). The zero-order chi connectivity index (χ0) is 13.8. The topological polar surface area (TPSA) is 92.4 Å². The summed E-state index contributed by atoms with van der Waals surface area (Å²) in [5.41, 5.74) is 5.34. The average Bonchev–Trinajstić information content (AvgIpc) is 2.65. The van der Waals surface area contributed by atoms with E-state index in [0.29, 0.717) is 12.2 Å². The first kappa shape index (κ1) is 15.3. The number of rotatable bonds is 6. The van der Waals surface area contributed by atoms with E-state index in [1.54, 1.807) is 11.8 Å². The molecule has 104 valence electrons. The zero-order valence-corrected chi connectivity index (χ0v) is 11.8. The highest BCUT2D eigenvalue weighted by Crippen LogP contribution is 2.36. The Morgan fingerprint density at radius 1 is 1.61 bits per heavy atom. The van der Waals surface area contributed by atoms with Crippen LogP contribution in [0.15, 0.2) is 0 Å². The van der Waals surface area contributed by atoms with E-state index in [4.69, 9.17) is 10.8 Å². The minimum atomic E-state index is -0.979. The van der Waals surface area contributed by atoms with Gasteiger partial charge in [0.1, 0.15) is 6.04 Å². The van der Waals surface area contributed by atoms with Gasteiger partial charge in [-0.05, 0) is 38.2 Å². The molecule has 18 heavy (non-hydrogen) atoms. The molecule has 0 aromatic rings. The van der Waals surface area contributed by atoms with Crippen molar-refractivity contribution in [2.45, 2.75) is 44.7 Å². The molecule has 6 heteroatoms. The SMILES string of the molecule is CSCCC(NC(=O)C1(C)CCCC1N)C(=O)O. The standard InChI is InChI=1S/C12H22N2O3S/c1-12(6-3-4-9(12)13)11(17)14-8(10(15)16)5-7-18-2/h8-9H,3-7,13H2,1-2H3,(H,14,17)(H,15,16). The smallest absolute Gasteiger partial charge is 0.326 e. The first-order chi connectivity index (χ1) is 8.41. The molecule has 0 spiro atoms. The van der Waals surface area contributed by atoms with Gasteiger partial charge in [-0.15, -0.1) is 0 Å². The summed E-state index contributed by atoms with van der Waals surface area (Å²) in [6.45, 7) is 1.83. The second-order valence-corrected chi connectivity index (χ2v) is 6.05. The fourth-order valence-electron chi connectivity index (χ4n) is 2.29. The summed E-state index contributed by atoms with van der Waals surface area (Å²) in [5.74, 6) is -0.492. The summed E-state index contributed by atoms with van der Waals surface area (Å²) < 4.78 is 0. The minimum absolute atomic E-state index is 0.174. The number of carbonyl (C=O) groups excluding carboxylic acids is 1. The molecule has 0 aliphatic heterocycles. The van der Waals surface area contributed by atoms with Gasteiger partial charge in [-0.1, -0.05) is 6.42 Å². The normalized spacial score (nSPS) is 28.9. The largest absolute Gasteiger partial charge is 0.480 e. The Bertz CT molecular complexity index is 324. The molecule has 0 heterocycles. The molecular formula is C12H22N2O3S. The van der Waals surface area contributed by atoms with Crippen LogP contribution in [0.1, 0.15) is 32.6 Å².